The predicted octanol–water partition coefficient (Wildman–Crippen LogP) is 1.94. The van der Waals surface area contributed by atoms with Crippen LogP contribution in [0.25, 0.3) is 0 Å². The number of hydrogen-bond acceptors (Lipinski definition) is 4. The maximum atomic E-state index is 12.1. The van der Waals surface area contributed by atoms with E-state index in [0.717, 1.165) is 12.2 Å². The van der Waals surface area contributed by atoms with Gasteiger partial charge in [-0.2, -0.15) is 0 Å². The Hall–Kier alpha value is -1.04. The van der Waals surface area contributed by atoms with Crippen LogP contribution in [0.5, 0.6) is 0 Å². The van der Waals surface area contributed by atoms with Crippen molar-refractivity contribution >= 4 is 18.3 Å². The zero-order valence-electron chi connectivity index (χ0n) is 12.7. The summed E-state index contributed by atoms with van der Waals surface area (Å²) < 4.78 is 5.40. The molecule has 0 saturated heterocycles. The number of likely N-dealkylation sites (N-methyl/N-ethyl adjacent to an activating group) is 1. The number of halogens is 1. The predicted molar refractivity (Wildman–Crippen MR) is 82.9 cm³/mol. The average Bonchev–Trinajstić information content (AvgIpc) is 2.82. The monoisotopic (exact) mass is 303 g/mol. The van der Waals surface area contributed by atoms with E-state index in [4.69, 9.17) is 10.2 Å². The molecule has 0 aromatic carbocycles. The number of nitrogens with two attached hydrogens (primary N) is 1. The summed E-state index contributed by atoms with van der Waals surface area (Å²) in [6.07, 6.45) is 3.19. The fourth-order valence-corrected chi connectivity index (χ4v) is 2.04. The Bertz CT molecular complexity index is 391. The molecule has 1 aromatic heterocycles. The Balaban J connectivity index is 0.00000361. The SMILES string of the molecule is CCCC(C)(N)C(=O)NCC(c1ccco1)N(C)C.Cl. The second-order valence-electron chi connectivity index (χ2n) is 5.37. The van der Waals surface area contributed by atoms with Gasteiger partial charge in [0.2, 0.25) is 5.91 Å². The number of nitrogens with zero attached hydrogens (tertiary/aromatic N) is 1. The molecule has 6 heteroatoms. The number of carbonyl (C=O) groups is 1. The van der Waals surface area contributed by atoms with Crippen LogP contribution in [-0.2, 0) is 4.79 Å². The molecule has 3 N–H and O–H groups in total. The van der Waals surface area contributed by atoms with Crippen molar-refractivity contribution < 1.29 is 9.21 Å². The Kier molecular flexibility index (Phi) is 7.86. The minimum absolute atomic E-state index is 0. The van der Waals surface area contributed by atoms with E-state index >= 15 is 0 Å². The average molecular weight is 304 g/mol. The Morgan fingerprint density at radius 1 is 1.55 bits per heavy atom. The summed E-state index contributed by atoms with van der Waals surface area (Å²) in [4.78, 5) is 14.1. The van der Waals surface area contributed by atoms with Crippen molar-refractivity contribution in [1.29, 1.82) is 0 Å². The highest BCUT2D eigenvalue weighted by Crippen LogP contribution is 2.18. The van der Waals surface area contributed by atoms with Crippen LogP contribution >= 0.6 is 12.4 Å². The van der Waals surface area contributed by atoms with Crippen LogP contribution in [0.2, 0.25) is 0 Å². The van der Waals surface area contributed by atoms with Crippen molar-refractivity contribution in [3.8, 4) is 0 Å². The lowest BCUT2D eigenvalue weighted by Gasteiger charge is -2.27. The summed E-state index contributed by atoms with van der Waals surface area (Å²) in [6, 6.07) is 3.76. The molecule has 5 nitrogen and oxygen atoms in total. The number of furan rings is 1. The lowest BCUT2D eigenvalue weighted by molar-refractivity contribution is -0.126. The van der Waals surface area contributed by atoms with Crippen LogP contribution < -0.4 is 11.1 Å². The molecule has 2 unspecified atom stereocenters. The lowest BCUT2D eigenvalue weighted by atomic mass is 9.96. The highest BCUT2D eigenvalue weighted by molar-refractivity contribution is 5.85. The van der Waals surface area contributed by atoms with Gasteiger partial charge in [0.05, 0.1) is 17.8 Å². The lowest BCUT2D eigenvalue weighted by Crippen LogP contribution is -2.52. The summed E-state index contributed by atoms with van der Waals surface area (Å²) >= 11 is 0. The number of rotatable bonds is 7. The largest absolute Gasteiger partial charge is 0.468 e. The molecular weight excluding hydrogens is 278 g/mol. The van der Waals surface area contributed by atoms with Crippen LogP contribution in [0.1, 0.15) is 38.5 Å². The van der Waals surface area contributed by atoms with Crippen molar-refractivity contribution in [3.05, 3.63) is 24.2 Å². The van der Waals surface area contributed by atoms with E-state index in [-0.39, 0.29) is 24.4 Å². The minimum Gasteiger partial charge on any atom is -0.468 e. The number of amides is 1. The molecule has 0 aliphatic rings. The van der Waals surface area contributed by atoms with Gasteiger partial charge in [0.1, 0.15) is 5.76 Å². The fourth-order valence-electron chi connectivity index (χ4n) is 2.04. The Morgan fingerprint density at radius 2 is 2.20 bits per heavy atom. The fraction of sp³-hybridized carbons (Fsp3) is 0.643. The smallest absolute Gasteiger partial charge is 0.239 e. The van der Waals surface area contributed by atoms with Crippen LogP contribution in [0.15, 0.2) is 22.8 Å². The van der Waals surface area contributed by atoms with Gasteiger partial charge < -0.3 is 15.5 Å². The molecule has 116 valence electrons. The van der Waals surface area contributed by atoms with E-state index in [0.29, 0.717) is 13.0 Å². The number of hydrogen-bond donors (Lipinski definition) is 2. The molecule has 1 amide bonds. The van der Waals surface area contributed by atoms with Crippen molar-refractivity contribution in [3.63, 3.8) is 0 Å². The first-order valence-electron chi connectivity index (χ1n) is 6.65. The molecule has 0 aliphatic heterocycles. The highest BCUT2D eigenvalue weighted by Gasteiger charge is 2.28. The van der Waals surface area contributed by atoms with Crippen LogP contribution in [0.3, 0.4) is 0 Å². The third kappa shape index (κ3) is 5.15. The normalized spacial score (nSPS) is 15.3. The van der Waals surface area contributed by atoms with Crippen molar-refractivity contribution in [2.24, 2.45) is 5.73 Å². The maximum absolute atomic E-state index is 12.1. The maximum Gasteiger partial charge on any atom is 0.239 e. The molecule has 1 rings (SSSR count). The first kappa shape index (κ1) is 19.0. The van der Waals surface area contributed by atoms with Crippen LogP contribution in [0, 0.1) is 0 Å². The van der Waals surface area contributed by atoms with Crippen molar-refractivity contribution in [2.45, 2.75) is 38.3 Å². The summed E-state index contributed by atoms with van der Waals surface area (Å²) in [6.45, 7) is 4.27. The second kappa shape index (κ2) is 8.29. The van der Waals surface area contributed by atoms with Gasteiger partial charge in [-0.05, 0) is 39.6 Å². The summed E-state index contributed by atoms with van der Waals surface area (Å²) in [5.41, 5.74) is 5.19. The molecule has 1 aromatic rings. The van der Waals surface area contributed by atoms with E-state index in [1.54, 1.807) is 13.2 Å². The van der Waals surface area contributed by atoms with Gasteiger partial charge in [0.25, 0.3) is 0 Å². The zero-order chi connectivity index (χ0) is 14.5. The molecule has 1 heterocycles. The zero-order valence-corrected chi connectivity index (χ0v) is 13.5. The standard InChI is InChI=1S/C14H25N3O2.ClH/c1-5-8-14(2,15)13(18)16-10-11(17(3)4)12-7-6-9-19-12;/h6-7,9,11H,5,8,10,15H2,1-4H3,(H,16,18);1H. The highest BCUT2D eigenvalue weighted by atomic mass is 35.5. The van der Waals surface area contributed by atoms with Gasteiger partial charge in [-0.25, -0.2) is 0 Å². The van der Waals surface area contributed by atoms with Gasteiger partial charge in [0, 0.05) is 6.54 Å². The van der Waals surface area contributed by atoms with E-state index in [1.807, 2.05) is 38.1 Å². The minimum atomic E-state index is -0.811. The molecular formula is C14H26ClN3O2. The molecule has 2 atom stereocenters. The molecule has 0 fully saturated rings. The van der Waals surface area contributed by atoms with Crippen LogP contribution in [0.4, 0.5) is 0 Å². The van der Waals surface area contributed by atoms with E-state index < -0.39 is 5.54 Å². The molecule has 0 aliphatic carbocycles. The second-order valence-corrected chi connectivity index (χ2v) is 5.37. The molecule has 0 bridgehead atoms. The third-order valence-corrected chi connectivity index (χ3v) is 3.24. The van der Waals surface area contributed by atoms with Gasteiger partial charge >= 0.3 is 0 Å². The van der Waals surface area contributed by atoms with E-state index in [9.17, 15) is 4.79 Å². The molecule has 20 heavy (non-hydrogen) atoms. The first-order valence-corrected chi connectivity index (χ1v) is 6.65. The third-order valence-electron chi connectivity index (χ3n) is 3.24. The molecule has 0 spiro atoms. The first-order chi connectivity index (χ1) is 8.88. The number of carbonyl (C=O) groups excluding carboxylic acids is 1. The summed E-state index contributed by atoms with van der Waals surface area (Å²) in [7, 11) is 3.90. The quantitative estimate of drug-likeness (QED) is 0.807. The van der Waals surface area contributed by atoms with Gasteiger partial charge in [-0.15, -0.1) is 12.4 Å². The van der Waals surface area contributed by atoms with Gasteiger partial charge in [-0.1, -0.05) is 13.3 Å². The van der Waals surface area contributed by atoms with Crippen LogP contribution in [-0.4, -0.2) is 37.0 Å². The van der Waals surface area contributed by atoms with E-state index in [2.05, 4.69) is 5.32 Å². The topological polar surface area (TPSA) is 71.5 Å². The van der Waals surface area contributed by atoms with E-state index in [1.165, 1.54) is 0 Å². The van der Waals surface area contributed by atoms with Crippen molar-refractivity contribution in [2.75, 3.05) is 20.6 Å². The Morgan fingerprint density at radius 3 is 2.65 bits per heavy atom. The van der Waals surface area contributed by atoms with Gasteiger partial charge in [0.15, 0.2) is 0 Å². The summed E-state index contributed by atoms with van der Waals surface area (Å²) in [5, 5.41) is 2.91. The number of nitrogens with one attached hydrogen (secondary N) is 1. The molecule has 0 saturated carbocycles. The van der Waals surface area contributed by atoms with Crippen molar-refractivity contribution in [1.82, 2.24) is 10.2 Å². The van der Waals surface area contributed by atoms with Gasteiger partial charge in [-0.3, -0.25) is 9.69 Å². The molecule has 0 radical (unpaired) electrons. The summed E-state index contributed by atoms with van der Waals surface area (Å²) in [5.74, 6) is 0.715. The Labute approximate surface area is 127 Å².